The van der Waals surface area contributed by atoms with Crippen molar-refractivity contribution in [2.45, 2.75) is 19.9 Å². The van der Waals surface area contributed by atoms with Crippen LogP contribution in [0.1, 0.15) is 18.3 Å². The number of hydrogen-bond donors (Lipinski definition) is 0. The lowest BCUT2D eigenvalue weighted by Crippen LogP contribution is -2.05. The quantitative estimate of drug-likeness (QED) is 0.669. The highest BCUT2D eigenvalue weighted by atomic mass is 35.5. The van der Waals surface area contributed by atoms with Crippen LogP contribution in [-0.2, 0) is 13.0 Å². The van der Waals surface area contributed by atoms with Crippen LogP contribution in [0.4, 0.5) is 0 Å². The first-order valence-corrected chi connectivity index (χ1v) is 7.33. The Morgan fingerprint density at radius 3 is 2.40 bits per heavy atom. The first-order valence-electron chi connectivity index (χ1n) is 6.57. The minimum absolute atomic E-state index is 0.641. The molecule has 0 aliphatic carbocycles. The van der Waals surface area contributed by atoms with Gasteiger partial charge in [0.2, 0.25) is 0 Å². The largest absolute Gasteiger partial charge is 0.323 e. The molecule has 4 heteroatoms. The number of hydrogen-bond acceptors (Lipinski definition) is 1. The highest BCUT2D eigenvalue weighted by Gasteiger charge is 2.12. The van der Waals surface area contributed by atoms with Crippen LogP contribution in [0.15, 0.2) is 42.5 Å². The van der Waals surface area contributed by atoms with Gasteiger partial charge in [0, 0.05) is 22.0 Å². The van der Waals surface area contributed by atoms with Gasteiger partial charge in [0.05, 0.1) is 17.6 Å². The molecular formula is C16H14Cl2N2. The van der Waals surface area contributed by atoms with Crippen LogP contribution in [0.2, 0.25) is 10.0 Å². The number of para-hydroxylation sites is 2. The summed E-state index contributed by atoms with van der Waals surface area (Å²) in [4.78, 5) is 4.66. The predicted molar refractivity (Wildman–Crippen MR) is 84.7 cm³/mol. The van der Waals surface area contributed by atoms with E-state index < -0.39 is 0 Å². The minimum atomic E-state index is 0.641. The number of aromatic nitrogens is 2. The lowest BCUT2D eigenvalue weighted by atomic mass is 10.2. The molecule has 0 saturated heterocycles. The van der Waals surface area contributed by atoms with E-state index in [2.05, 4.69) is 22.5 Å². The Morgan fingerprint density at radius 2 is 1.70 bits per heavy atom. The molecule has 0 atom stereocenters. The molecule has 0 radical (unpaired) electrons. The zero-order chi connectivity index (χ0) is 14.1. The summed E-state index contributed by atoms with van der Waals surface area (Å²) in [6.07, 6.45) is 0.872. The van der Waals surface area contributed by atoms with Gasteiger partial charge >= 0.3 is 0 Å². The number of imidazole rings is 1. The second-order valence-electron chi connectivity index (χ2n) is 4.66. The second-order valence-corrected chi connectivity index (χ2v) is 5.47. The Kier molecular flexibility index (Phi) is 3.68. The standard InChI is InChI=1S/C16H14Cl2N2/c1-2-16-19-14-8-3-4-9-15(14)20(16)10-11-12(17)6-5-7-13(11)18/h3-9H,2,10H2,1H3. The molecule has 0 N–H and O–H groups in total. The van der Waals surface area contributed by atoms with Crippen LogP contribution in [0.25, 0.3) is 11.0 Å². The molecule has 20 heavy (non-hydrogen) atoms. The van der Waals surface area contributed by atoms with E-state index in [0.29, 0.717) is 16.6 Å². The van der Waals surface area contributed by atoms with Gasteiger partial charge in [-0.1, -0.05) is 48.3 Å². The number of halogens is 2. The zero-order valence-corrected chi connectivity index (χ0v) is 12.6. The van der Waals surface area contributed by atoms with Gasteiger partial charge in [-0.25, -0.2) is 4.98 Å². The van der Waals surface area contributed by atoms with Gasteiger partial charge in [0.1, 0.15) is 5.82 Å². The maximum absolute atomic E-state index is 6.27. The van der Waals surface area contributed by atoms with E-state index in [0.717, 1.165) is 28.8 Å². The number of nitrogens with zero attached hydrogens (tertiary/aromatic N) is 2. The fourth-order valence-electron chi connectivity index (χ4n) is 2.41. The Bertz CT molecular complexity index is 742. The molecule has 1 heterocycles. The van der Waals surface area contributed by atoms with Crippen LogP contribution in [0.5, 0.6) is 0 Å². The van der Waals surface area contributed by atoms with Crippen LogP contribution < -0.4 is 0 Å². The maximum Gasteiger partial charge on any atom is 0.109 e. The molecule has 0 unspecified atom stereocenters. The van der Waals surface area contributed by atoms with Gasteiger partial charge in [-0.3, -0.25) is 0 Å². The number of aryl methyl sites for hydroxylation is 1. The molecule has 0 amide bonds. The van der Waals surface area contributed by atoms with Gasteiger partial charge in [-0.15, -0.1) is 0 Å². The van der Waals surface area contributed by atoms with E-state index in [1.54, 1.807) is 0 Å². The van der Waals surface area contributed by atoms with Crippen molar-refractivity contribution in [1.82, 2.24) is 9.55 Å². The van der Waals surface area contributed by atoms with Gasteiger partial charge in [-0.2, -0.15) is 0 Å². The topological polar surface area (TPSA) is 17.8 Å². The Balaban J connectivity index is 2.15. The van der Waals surface area contributed by atoms with E-state index in [-0.39, 0.29) is 0 Å². The molecule has 3 aromatic rings. The molecule has 1 aromatic heterocycles. The normalized spacial score (nSPS) is 11.2. The number of rotatable bonds is 3. The second kappa shape index (κ2) is 5.47. The van der Waals surface area contributed by atoms with Crippen molar-refractivity contribution < 1.29 is 0 Å². The Labute approximate surface area is 128 Å². The molecule has 0 saturated carbocycles. The molecular weight excluding hydrogens is 291 g/mol. The lowest BCUT2D eigenvalue weighted by Gasteiger charge is -2.11. The van der Waals surface area contributed by atoms with Crippen LogP contribution in [0.3, 0.4) is 0 Å². The van der Waals surface area contributed by atoms with E-state index >= 15 is 0 Å². The number of benzene rings is 2. The highest BCUT2D eigenvalue weighted by molar-refractivity contribution is 6.36. The summed E-state index contributed by atoms with van der Waals surface area (Å²) in [6, 6.07) is 13.7. The molecule has 0 bridgehead atoms. The maximum atomic E-state index is 6.27. The van der Waals surface area contributed by atoms with Crippen molar-refractivity contribution in [2.75, 3.05) is 0 Å². The smallest absolute Gasteiger partial charge is 0.109 e. The van der Waals surface area contributed by atoms with Crippen LogP contribution in [0, 0.1) is 0 Å². The van der Waals surface area contributed by atoms with E-state index in [9.17, 15) is 0 Å². The van der Waals surface area contributed by atoms with Gasteiger partial charge in [0.25, 0.3) is 0 Å². The molecule has 2 aromatic carbocycles. The molecule has 0 aliphatic heterocycles. The van der Waals surface area contributed by atoms with Gasteiger partial charge in [-0.05, 0) is 24.3 Å². The van der Waals surface area contributed by atoms with Crippen molar-refractivity contribution in [3.8, 4) is 0 Å². The summed E-state index contributed by atoms with van der Waals surface area (Å²) in [6.45, 7) is 2.74. The van der Waals surface area contributed by atoms with Gasteiger partial charge < -0.3 is 4.57 Å². The van der Waals surface area contributed by atoms with Crippen molar-refractivity contribution in [2.24, 2.45) is 0 Å². The molecule has 0 aliphatic rings. The lowest BCUT2D eigenvalue weighted by molar-refractivity contribution is 0.753. The number of fused-ring (bicyclic) bond motifs is 1. The van der Waals surface area contributed by atoms with Crippen molar-refractivity contribution >= 4 is 34.2 Å². The van der Waals surface area contributed by atoms with Crippen molar-refractivity contribution in [1.29, 1.82) is 0 Å². The summed E-state index contributed by atoms with van der Waals surface area (Å²) in [5, 5.41) is 1.38. The molecule has 0 spiro atoms. The van der Waals surface area contributed by atoms with Crippen molar-refractivity contribution in [3.05, 3.63) is 63.9 Å². The Hall–Kier alpha value is -1.51. The van der Waals surface area contributed by atoms with Crippen molar-refractivity contribution in [3.63, 3.8) is 0 Å². The zero-order valence-electron chi connectivity index (χ0n) is 11.1. The van der Waals surface area contributed by atoms with E-state index in [1.807, 2.05) is 36.4 Å². The summed E-state index contributed by atoms with van der Waals surface area (Å²) < 4.78 is 2.18. The van der Waals surface area contributed by atoms with Crippen LogP contribution in [-0.4, -0.2) is 9.55 Å². The summed E-state index contributed by atoms with van der Waals surface area (Å²) in [7, 11) is 0. The minimum Gasteiger partial charge on any atom is -0.323 e. The SMILES string of the molecule is CCc1nc2ccccc2n1Cc1c(Cl)cccc1Cl. The summed E-state index contributed by atoms with van der Waals surface area (Å²) in [5.41, 5.74) is 3.06. The summed E-state index contributed by atoms with van der Waals surface area (Å²) >= 11 is 12.5. The average Bonchev–Trinajstić information content (AvgIpc) is 2.81. The fraction of sp³-hybridized carbons (Fsp3) is 0.188. The van der Waals surface area contributed by atoms with E-state index in [1.165, 1.54) is 0 Å². The summed E-state index contributed by atoms with van der Waals surface area (Å²) in [5.74, 6) is 1.04. The average molecular weight is 305 g/mol. The third-order valence-electron chi connectivity index (χ3n) is 3.43. The molecule has 2 nitrogen and oxygen atoms in total. The molecule has 102 valence electrons. The monoisotopic (exact) mass is 304 g/mol. The molecule has 0 fully saturated rings. The van der Waals surface area contributed by atoms with Gasteiger partial charge in [0.15, 0.2) is 0 Å². The Morgan fingerprint density at radius 1 is 1.00 bits per heavy atom. The first kappa shape index (κ1) is 13.5. The molecule has 3 rings (SSSR count). The third-order valence-corrected chi connectivity index (χ3v) is 4.14. The van der Waals surface area contributed by atoms with E-state index in [4.69, 9.17) is 23.2 Å². The predicted octanol–water partition coefficient (Wildman–Crippen LogP) is 4.95. The fourth-order valence-corrected chi connectivity index (χ4v) is 2.93. The van der Waals surface area contributed by atoms with Crippen LogP contribution >= 0.6 is 23.2 Å². The first-order chi connectivity index (χ1) is 9.70. The highest BCUT2D eigenvalue weighted by Crippen LogP contribution is 2.27. The third kappa shape index (κ3) is 2.30.